The highest BCUT2D eigenvalue weighted by Crippen LogP contribution is 2.37. The molecular formula is C27H29N4O6P. The molecule has 11 heteroatoms. The second-order valence-electron chi connectivity index (χ2n) is 8.99. The molecule has 1 fully saturated rings. The largest absolute Gasteiger partial charge is 0.490 e. The molecule has 38 heavy (non-hydrogen) atoms. The van der Waals surface area contributed by atoms with Gasteiger partial charge in [-0.15, -0.1) is 0 Å². The van der Waals surface area contributed by atoms with Crippen LogP contribution in [0.3, 0.4) is 0 Å². The second-order valence-corrected chi connectivity index (χ2v) is 10.2. The smallest absolute Gasteiger partial charge is 0.469 e. The summed E-state index contributed by atoms with van der Waals surface area (Å²) in [6.07, 6.45) is 4.10. The number of hydrogen-bond donors (Lipinski definition) is 4. The van der Waals surface area contributed by atoms with E-state index >= 15 is 0 Å². The van der Waals surface area contributed by atoms with Crippen molar-refractivity contribution in [2.75, 3.05) is 13.2 Å². The van der Waals surface area contributed by atoms with Crippen molar-refractivity contribution in [1.82, 2.24) is 14.9 Å². The molecule has 198 valence electrons. The van der Waals surface area contributed by atoms with Crippen LogP contribution in [0.15, 0.2) is 60.9 Å². The van der Waals surface area contributed by atoms with Gasteiger partial charge in [-0.05, 0) is 55.2 Å². The number of nitrogens with one attached hydrogen (secondary N) is 1. The zero-order chi connectivity index (χ0) is 27.1. The number of phosphoric acid groups is 1. The van der Waals surface area contributed by atoms with Crippen LogP contribution in [0.5, 0.6) is 5.75 Å². The van der Waals surface area contributed by atoms with Crippen LogP contribution in [0, 0.1) is 23.2 Å². The highest BCUT2D eigenvalue weighted by molar-refractivity contribution is 7.46. The van der Waals surface area contributed by atoms with Crippen molar-refractivity contribution in [2.45, 2.75) is 44.1 Å². The molecule has 4 rings (SSSR count). The minimum absolute atomic E-state index is 0.157. The lowest BCUT2D eigenvalue weighted by Gasteiger charge is -2.35. The van der Waals surface area contributed by atoms with Gasteiger partial charge in [0.2, 0.25) is 0 Å². The van der Waals surface area contributed by atoms with Gasteiger partial charge in [-0.2, -0.15) is 5.26 Å². The number of phosphoric ester groups is 1. The Morgan fingerprint density at radius 1 is 1.16 bits per heavy atom. The molecule has 0 spiro atoms. The average molecular weight is 537 g/mol. The number of nitriles is 1. The Bertz CT molecular complexity index is 1360. The molecule has 4 N–H and O–H groups in total. The van der Waals surface area contributed by atoms with Crippen molar-refractivity contribution in [3.05, 3.63) is 72.3 Å². The molecule has 2 aromatic carbocycles. The molecule has 1 aliphatic rings. The molecule has 1 aliphatic carbocycles. The monoisotopic (exact) mass is 536 g/mol. The van der Waals surface area contributed by atoms with Crippen molar-refractivity contribution < 1.29 is 28.7 Å². The fourth-order valence-electron chi connectivity index (χ4n) is 4.12. The van der Waals surface area contributed by atoms with E-state index in [4.69, 9.17) is 19.8 Å². The van der Waals surface area contributed by atoms with E-state index in [2.05, 4.69) is 32.7 Å². The number of benzene rings is 2. The lowest BCUT2D eigenvalue weighted by Crippen LogP contribution is -2.46. The number of aliphatic hydroxyl groups excluding tert-OH is 1. The van der Waals surface area contributed by atoms with Crippen molar-refractivity contribution in [3.8, 4) is 34.8 Å². The molecule has 2 atom stereocenters. The Balaban J connectivity index is 1.40. The van der Waals surface area contributed by atoms with Crippen LogP contribution in [-0.2, 0) is 9.09 Å². The topological polar surface area (TPSA) is 150 Å². The van der Waals surface area contributed by atoms with Crippen molar-refractivity contribution in [2.24, 2.45) is 0 Å². The van der Waals surface area contributed by atoms with Gasteiger partial charge in [0.1, 0.15) is 29.8 Å². The molecule has 10 nitrogen and oxygen atoms in total. The van der Waals surface area contributed by atoms with Crippen molar-refractivity contribution in [3.63, 3.8) is 0 Å². The quantitative estimate of drug-likeness (QED) is 0.174. The molecule has 3 aromatic rings. The maximum atomic E-state index is 11.2. The zero-order valence-corrected chi connectivity index (χ0v) is 21.7. The van der Waals surface area contributed by atoms with Crippen molar-refractivity contribution in [1.29, 1.82) is 5.26 Å². The van der Waals surface area contributed by atoms with E-state index in [1.54, 1.807) is 13.1 Å². The molecule has 0 amide bonds. The maximum Gasteiger partial charge on any atom is 0.469 e. The lowest BCUT2D eigenvalue weighted by molar-refractivity contribution is 0.0869. The highest BCUT2D eigenvalue weighted by atomic mass is 31.2. The minimum Gasteiger partial charge on any atom is -0.490 e. The van der Waals surface area contributed by atoms with Crippen LogP contribution in [0.25, 0.3) is 11.1 Å². The standard InChI is InChI=1S/C27H29N4O6P/c1-19(32)27-30-14-15-31(27)24(18-36-38(33,34)35)9-4-20-2-5-21(6-3-20)22-7-10-25(11-8-22)37-26-16-23(17-26)29-13-12-28/h2-3,5-8,10-11,14-15,19,23-24,26,29,32H,13,16-18H2,1H3,(H2,33,34,35)/t19-,23?,24-,26?/m0/s1. The van der Waals surface area contributed by atoms with Gasteiger partial charge in [-0.1, -0.05) is 36.1 Å². The summed E-state index contributed by atoms with van der Waals surface area (Å²) < 4.78 is 23.5. The van der Waals surface area contributed by atoms with Crippen LogP contribution < -0.4 is 10.1 Å². The van der Waals surface area contributed by atoms with E-state index in [9.17, 15) is 9.67 Å². The number of aromatic nitrogens is 2. The third kappa shape index (κ3) is 7.53. The Hall–Kier alpha value is -3.47. The molecule has 1 aromatic heterocycles. The van der Waals surface area contributed by atoms with Gasteiger partial charge in [-0.3, -0.25) is 4.52 Å². The van der Waals surface area contributed by atoms with E-state index in [1.165, 1.54) is 10.8 Å². The minimum atomic E-state index is -4.70. The molecule has 0 aliphatic heterocycles. The van der Waals surface area contributed by atoms with Gasteiger partial charge >= 0.3 is 7.82 Å². The number of rotatable bonds is 10. The highest BCUT2D eigenvalue weighted by Gasteiger charge is 2.30. The van der Waals surface area contributed by atoms with E-state index < -0.39 is 20.0 Å². The van der Waals surface area contributed by atoms with E-state index in [-0.39, 0.29) is 12.7 Å². The van der Waals surface area contributed by atoms with Gasteiger partial charge in [0.15, 0.2) is 0 Å². The predicted octanol–water partition coefficient (Wildman–Crippen LogP) is 3.33. The normalized spacial score (nSPS) is 18.4. The summed E-state index contributed by atoms with van der Waals surface area (Å²) in [6.45, 7) is 1.53. The maximum absolute atomic E-state index is 11.2. The summed E-state index contributed by atoms with van der Waals surface area (Å²) >= 11 is 0. The zero-order valence-electron chi connectivity index (χ0n) is 20.8. The van der Waals surface area contributed by atoms with Gasteiger partial charge in [0.05, 0.1) is 19.2 Å². The predicted molar refractivity (Wildman–Crippen MR) is 140 cm³/mol. The lowest BCUT2D eigenvalue weighted by atomic mass is 9.89. The Kier molecular flexibility index (Phi) is 8.98. The molecule has 0 radical (unpaired) electrons. The summed E-state index contributed by atoms with van der Waals surface area (Å²) in [5.41, 5.74) is 2.73. The van der Waals surface area contributed by atoms with Crippen LogP contribution in [0.4, 0.5) is 0 Å². The number of aliphatic hydroxyl groups is 1. The molecule has 1 heterocycles. The Morgan fingerprint density at radius 3 is 2.42 bits per heavy atom. The number of ether oxygens (including phenoxy) is 1. The summed E-state index contributed by atoms with van der Waals surface area (Å²) in [7, 11) is -4.70. The van der Waals surface area contributed by atoms with Crippen molar-refractivity contribution >= 4 is 7.82 Å². The van der Waals surface area contributed by atoms with Gasteiger partial charge < -0.3 is 29.5 Å². The number of hydrogen-bond acceptors (Lipinski definition) is 7. The summed E-state index contributed by atoms with van der Waals surface area (Å²) in [5.74, 6) is 7.11. The Labute approximate surface area is 221 Å². The van der Waals surface area contributed by atoms with Crippen LogP contribution in [0.2, 0.25) is 0 Å². The summed E-state index contributed by atoms with van der Waals surface area (Å²) in [5, 5.41) is 21.8. The number of imidazole rings is 1. The molecule has 0 bridgehead atoms. The third-order valence-corrected chi connectivity index (χ3v) is 6.62. The van der Waals surface area contributed by atoms with Crippen LogP contribution in [-0.4, -0.2) is 49.7 Å². The first-order valence-corrected chi connectivity index (χ1v) is 13.6. The van der Waals surface area contributed by atoms with Gasteiger partial charge in [-0.25, -0.2) is 9.55 Å². The van der Waals surface area contributed by atoms with E-state index in [0.717, 1.165) is 29.7 Å². The average Bonchev–Trinajstić information content (AvgIpc) is 3.36. The third-order valence-electron chi connectivity index (χ3n) is 6.13. The molecule has 0 saturated heterocycles. The fourth-order valence-corrected chi connectivity index (χ4v) is 4.46. The SMILES string of the molecule is C[C@H](O)c1nccn1[C@@H](C#Cc1ccc(-c2ccc(OC3CC(NCC#N)C3)cc2)cc1)COP(=O)(O)O. The van der Waals surface area contributed by atoms with Gasteiger partial charge in [0, 0.05) is 24.0 Å². The first-order valence-electron chi connectivity index (χ1n) is 12.1. The summed E-state index contributed by atoms with van der Waals surface area (Å²) in [6, 6.07) is 17.1. The second kappa shape index (κ2) is 12.4. The molecule has 0 unspecified atom stereocenters. The van der Waals surface area contributed by atoms with Gasteiger partial charge in [0.25, 0.3) is 0 Å². The van der Waals surface area contributed by atoms with Crippen LogP contribution >= 0.6 is 7.82 Å². The molecule has 1 saturated carbocycles. The first kappa shape index (κ1) is 27.6. The molecular weight excluding hydrogens is 507 g/mol. The fraction of sp³-hybridized carbons (Fsp3) is 0.333. The number of nitrogens with zero attached hydrogens (tertiary/aromatic N) is 3. The van der Waals surface area contributed by atoms with E-state index in [0.29, 0.717) is 24.0 Å². The first-order chi connectivity index (χ1) is 18.2. The summed E-state index contributed by atoms with van der Waals surface area (Å²) in [4.78, 5) is 22.4. The van der Waals surface area contributed by atoms with Crippen LogP contribution in [0.1, 0.15) is 43.3 Å². The van der Waals surface area contributed by atoms with E-state index in [1.807, 2.05) is 48.5 Å². The Morgan fingerprint density at radius 2 is 1.82 bits per heavy atom.